The molecule has 2 aromatic carbocycles. The highest BCUT2D eigenvalue weighted by atomic mass is 16.5. The number of rotatable bonds is 14. The van der Waals surface area contributed by atoms with Crippen molar-refractivity contribution in [3.05, 3.63) is 71.8 Å². The molecular formula is C32H44O3. The third kappa shape index (κ3) is 9.92. The molecule has 3 nitrogen and oxygen atoms in total. The standard InChI is InChI=1S/C32H44O3/c1-3-5-7-10-26-13-15-28(16-14-26)12-9-25-34-30-23-19-29(20-24-30)32(33)35-31-21-17-27(18-22-31)11-8-6-4-2/h9,12,17-24,26,28H,3-8,10-11,13-16,25H2,1-2H3/t26-,28-. The summed E-state index contributed by atoms with van der Waals surface area (Å²) in [5.74, 6) is 2.64. The Morgan fingerprint density at radius 2 is 1.49 bits per heavy atom. The molecule has 1 saturated carbocycles. The predicted octanol–water partition coefficient (Wildman–Crippen LogP) is 8.96. The number of ether oxygens (including phenoxy) is 2. The minimum Gasteiger partial charge on any atom is -0.490 e. The lowest BCUT2D eigenvalue weighted by Gasteiger charge is -2.26. The minimum absolute atomic E-state index is 0.347. The molecule has 190 valence electrons. The lowest BCUT2D eigenvalue weighted by Crippen LogP contribution is -2.13. The molecule has 0 heterocycles. The van der Waals surface area contributed by atoms with Gasteiger partial charge in [0.25, 0.3) is 0 Å². The van der Waals surface area contributed by atoms with Crippen LogP contribution in [0.15, 0.2) is 60.7 Å². The lowest BCUT2D eigenvalue weighted by molar-refractivity contribution is 0.0734. The normalized spacial score (nSPS) is 18.0. The van der Waals surface area contributed by atoms with Gasteiger partial charge >= 0.3 is 5.97 Å². The van der Waals surface area contributed by atoms with Crippen molar-refractivity contribution in [2.75, 3.05) is 6.61 Å². The first-order valence-corrected chi connectivity index (χ1v) is 13.9. The molecule has 3 heteroatoms. The quantitative estimate of drug-likeness (QED) is 0.118. The van der Waals surface area contributed by atoms with Crippen molar-refractivity contribution in [3.63, 3.8) is 0 Å². The third-order valence-corrected chi connectivity index (χ3v) is 7.15. The van der Waals surface area contributed by atoms with Crippen LogP contribution in [-0.2, 0) is 6.42 Å². The lowest BCUT2D eigenvalue weighted by atomic mass is 9.79. The molecule has 0 bridgehead atoms. The van der Waals surface area contributed by atoms with E-state index in [1.165, 1.54) is 76.2 Å². The van der Waals surface area contributed by atoms with Crippen LogP contribution in [0.5, 0.6) is 11.5 Å². The molecule has 0 radical (unpaired) electrons. The SMILES string of the molecule is CCCCCc1ccc(OC(=O)c2ccc(OCC=C[C@H]3CC[C@H](CCCCC)CC3)cc2)cc1. The summed E-state index contributed by atoms with van der Waals surface area (Å²) in [5, 5.41) is 0. The van der Waals surface area contributed by atoms with Crippen LogP contribution >= 0.6 is 0 Å². The maximum absolute atomic E-state index is 12.5. The van der Waals surface area contributed by atoms with Gasteiger partial charge in [-0.3, -0.25) is 0 Å². The number of benzene rings is 2. The Morgan fingerprint density at radius 3 is 2.17 bits per heavy atom. The van der Waals surface area contributed by atoms with Crippen LogP contribution in [0, 0.1) is 11.8 Å². The zero-order chi connectivity index (χ0) is 24.7. The van der Waals surface area contributed by atoms with Crippen molar-refractivity contribution >= 4 is 5.97 Å². The van der Waals surface area contributed by atoms with Crippen LogP contribution in [0.4, 0.5) is 0 Å². The summed E-state index contributed by atoms with van der Waals surface area (Å²) in [5.41, 5.74) is 1.81. The number of unbranched alkanes of at least 4 members (excludes halogenated alkanes) is 4. The van der Waals surface area contributed by atoms with Crippen LogP contribution < -0.4 is 9.47 Å². The molecule has 1 aliphatic carbocycles. The van der Waals surface area contributed by atoms with Crippen LogP contribution in [0.3, 0.4) is 0 Å². The van der Waals surface area contributed by atoms with Crippen molar-refractivity contribution in [3.8, 4) is 11.5 Å². The Morgan fingerprint density at radius 1 is 0.829 bits per heavy atom. The van der Waals surface area contributed by atoms with E-state index in [1.807, 2.05) is 36.4 Å². The fourth-order valence-electron chi connectivity index (χ4n) is 4.90. The van der Waals surface area contributed by atoms with E-state index in [0.717, 1.165) is 18.1 Å². The molecule has 0 N–H and O–H groups in total. The van der Waals surface area contributed by atoms with Gasteiger partial charge in [-0.15, -0.1) is 0 Å². The van der Waals surface area contributed by atoms with Gasteiger partial charge in [-0.1, -0.05) is 76.7 Å². The predicted molar refractivity (Wildman–Crippen MR) is 145 cm³/mol. The number of esters is 1. The van der Waals surface area contributed by atoms with E-state index >= 15 is 0 Å². The van der Waals surface area contributed by atoms with Gasteiger partial charge in [0.15, 0.2) is 0 Å². The van der Waals surface area contributed by atoms with Gasteiger partial charge in [0.1, 0.15) is 18.1 Å². The molecule has 0 aliphatic heterocycles. The van der Waals surface area contributed by atoms with Crippen molar-refractivity contribution in [2.45, 2.75) is 90.9 Å². The molecule has 0 saturated heterocycles. The van der Waals surface area contributed by atoms with Gasteiger partial charge in [0, 0.05) is 0 Å². The number of hydrogen-bond acceptors (Lipinski definition) is 3. The first-order chi connectivity index (χ1) is 17.2. The fourth-order valence-corrected chi connectivity index (χ4v) is 4.90. The first-order valence-electron chi connectivity index (χ1n) is 13.9. The smallest absolute Gasteiger partial charge is 0.343 e. The topological polar surface area (TPSA) is 35.5 Å². The average molecular weight is 477 g/mol. The summed E-state index contributed by atoms with van der Waals surface area (Å²) in [6.45, 7) is 5.05. The summed E-state index contributed by atoms with van der Waals surface area (Å²) in [6.07, 6.45) is 20.1. The van der Waals surface area contributed by atoms with Gasteiger partial charge in [-0.05, 0) is 92.3 Å². The van der Waals surface area contributed by atoms with Crippen molar-refractivity contribution in [1.29, 1.82) is 0 Å². The largest absolute Gasteiger partial charge is 0.490 e. The van der Waals surface area contributed by atoms with Gasteiger partial charge in [0.2, 0.25) is 0 Å². The third-order valence-electron chi connectivity index (χ3n) is 7.15. The Balaban J connectivity index is 1.35. The molecule has 0 spiro atoms. The summed E-state index contributed by atoms with van der Waals surface area (Å²) < 4.78 is 11.4. The minimum atomic E-state index is -0.347. The molecule has 35 heavy (non-hydrogen) atoms. The zero-order valence-electron chi connectivity index (χ0n) is 21.8. The number of aryl methyl sites for hydroxylation is 1. The molecule has 0 amide bonds. The molecule has 3 rings (SSSR count). The van der Waals surface area contributed by atoms with E-state index in [4.69, 9.17) is 9.47 Å². The van der Waals surface area contributed by atoms with Crippen LogP contribution in [0.25, 0.3) is 0 Å². The molecule has 0 unspecified atom stereocenters. The van der Waals surface area contributed by atoms with Gasteiger partial charge < -0.3 is 9.47 Å². The average Bonchev–Trinajstić information content (AvgIpc) is 2.89. The second-order valence-electron chi connectivity index (χ2n) is 10.0. The van der Waals surface area contributed by atoms with Crippen LogP contribution in [-0.4, -0.2) is 12.6 Å². The van der Waals surface area contributed by atoms with Gasteiger partial charge in [0.05, 0.1) is 5.56 Å². The van der Waals surface area contributed by atoms with Gasteiger partial charge in [-0.2, -0.15) is 0 Å². The Hall–Kier alpha value is -2.55. The van der Waals surface area contributed by atoms with Crippen LogP contribution in [0.2, 0.25) is 0 Å². The monoisotopic (exact) mass is 476 g/mol. The van der Waals surface area contributed by atoms with Crippen molar-refractivity contribution in [2.24, 2.45) is 11.8 Å². The first kappa shape index (κ1) is 27.0. The summed E-state index contributed by atoms with van der Waals surface area (Å²) in [4.78, 5) is 12.5. The maximum atomic E-state index is 12.5. The summed E-state index contributed by atoms with van der Waals surface area (Å²) in [7, 11) is 0. The highest BCUT2D eigenvalue weighted by Crippen LogP contribution is 2.32. The number of allylic oxidation sites excluding steroid dienone is 1. The second-order valence-corrected chi connectivity index (χ2v) is 10.0. The highest BCUT2D eigenvalue weighted by molar-refractivity contribution is 5.91. The summed E-state index contributed by atoms with van der Waals surface area (Å²) >= 11 is 0. The van der Waals surface area contributed by atoms with E-state index in [-0.39, 0.29) is 5.97 Å². The fraction of sp³-hybridized carbons (Fsp3) is 0.531. The van der Waals surface area contributed by atoms with E-state index in [0.29, 0.717) is 23.8 Å². The molecule has 2 aromatic rings. The Kier molecular flexibility index (Phi) is 11.9. The van der Waals surface area contributed by atoms with Crippen molar-refractivity contribution < 1.29 is 14.3 Å². The molecule has 1 aliphatic rings. The maximum Gasteiger partial charge on any atom is 0.343 e. The van der Waals surface area contributed by atoms with Crippen LogP contribution in [0.1, 0.15) is 100 Å². The Bertz CT molecular complexity index is 874. The second kappa shape index (κ2) is 15.4. The number of carbonyl (C=O) groups is 1. The molecular weight excluding hydrogens is 432 g/mol. The van der Waals surface area contributed by atoms with E-state index in [2.05, 4.69) is 26.0 Å². The zero-order valence-corrected chi connectivity index (χ0v) is 21.8. The van der Waals surface area contributed by atoms with Crippen molar-refractivity contribution in [1.82, 2.24) is 0 Å². The van der Waals surface area contributed by atoms with E-state index in [1.54, 1.807) is 12.1 Å². The molecule has 1 fully saturated rings. The van der Waals surface area contributed by atoms with Gasteiger partial charge in [-0.25, -0.2) is 4.79 Å². The summed E-state index contributed by atoms with van der Waals surface area (Å²) in [6, 6.07) is 15.0. The van der Waals surface area contributed by atoms with E-state index < -0.39 is 0 Å². The van der Waals surface area contributed by atoms with E-state index in [9.17, 15) is 4.79 Å². The molecule has 0 aromatic heterocycles. The highest BCUT2D eigenvalue weighted by Gasteiger charge is 2.18. The number of carbonyl (C=O) groups excluding carboxylic acids is 1. The number of hydrogen-bond donors (Lipinski definition) is 0. The Labute approximate surface area is 212 Å². The molecule has 0 atom stereocenters.